The normalized spacial score (nSPS) is 12.9. The van der Waals surface area contributed by atoms with Gasteiger partial charge in [0, 0.05) is 25.9 Å². The summed E-state index contributed by atoms with van der Waals surface area (Å²) in [5.41, 5.74) is 4.92. The first kappa shape index (κ1) is 33.8. The number of benzene rings is 5. The highest BCUT2D eigenvalue weighted by atomic mass is 32.2. The molecule has 1 aliphatic heterocycles. The van der Waals surface area contributed by atoms with E-state index in [1.165, 1.54) is 17.3 Å². The van der Waals surface area contributed by atoms with Crippen LogP contribution in [0, 0.1) is 0 Å². The molecule has 1 unspecified atom stereocenters. The lowest BCUT2D eigenvalue weighted by Crippen LogP contribution is -2.35. The van der Waals surface area contributed by atoms with Crippen molar-refractivity contribution in [1.29, 1.82) is 0 Å². The minimum atomic E-state index is -0.445. The van der Waals surface area contributed by atoms with Crippen molar-refractivity contribution < 1.29 is 14.4 Å². The van der Waals surface area contributed by atoms with Crippen molar-refractivity contribution >= 4 is 64.4 Å². The van der Waals surface area contributed by atoms with Crippen LogP contribution in [0.15, 0.2) is 148 Å². The summed E-state index contributed by atoms with van der Waals surface area (Å²) in [5, 5.41) is 5.41. The first-order valence-corrected chi connectivity index (χ1v) is 18.0. The summed E-state index contributed by atoms with van der Waals surface area (Å²) >= 11 is 3.18. The molecule has 6 nitrogen and oxygen atoms in total. The van der Waals surface area contributed by atoms with Crippen LogP contribution in [-0.4, -0.2) is 23.0 Å². The zero-order valence-electron chi connectivity index (χ0n) is 27.6. The summed E-state index contributed by atoms with van der Waals surface area (Å²) in [4.78, 5) is 45.6. The summed E-state index contributed by atoms with van der Waals surface area (Å²) < 4.78 is 0. The molecule has 0 fully saturated rings. The molecule has 0 saturated carbocycles. The topological polar surface area (TPSA) is 78.5 Å². The van der Waals surface area contributed by atoms with Crippen LogP contribution in [0.4, 0.5) is 17.1 Å². The number of amides is 3. The summed E-state index contributed by atoms with van der Waals surface area (Å²) in [7, 11) is 0. The molecule has 0 radical (unpaired) electrons. The monoisotopic (exact) mass is 683 g/mol. The third-order valence-corrected chi connectivity index (χ3v) is 10.6. The number of thioether (sulfide) groups is 1. The Morgan fingerprint density at radius 1 is 0.755 bits per heavy atom. The van der Waals surface area contributed by atoms with Gasteiger partial charge in [-0.15, -0.1) is 11.8 Å². The van der Waals surface area contributed by atoms with Crippen LogP contribution >= 0.6 is 23.5 Å². The Hall–Kier alpha value is -5.05. The predicted octanol–water partition coefficient (Wildman–Crippen LogP) is 9.92. The molecule has 0 aromatic heterocycles. The first-order chi connectivity index (χ1) is 23.8. The molecule has 2 N–H and O–H groups in total. The van der Waals surface area contributed by atoms with Crippen LogP contribution in [0.5, 0.6) is 0 Å². The van der Waals surface area contributed by atoms with E-state index in [2.05, 4.69) is 24.5 Å². The Morgan fingerprint density at radius 2 is 1.35 bits per heavy atom. The molecule has 0 aliphatic carbocycles. The number of nitrogens with one attached hydrogen (secondary N) is 2. The van der Waals surface area contributed by atoms with Gasteiger partial charge in [0.1, 0.15) is 5.70 Å². The molecule has 5 aromatic rings. The average molecular weight is 684 g/mol. The van der Waals surface area contributed by atoms with Gasteiger partial charge in [0.05, 0.1) is 16.6 Å². The van der Waals surface area contributed by atoms with Crippen molar-refractivity contribution in [1.82, 2.24) is 5.32 Å². The van der Waals surface area contributed by atoms with E-state index in [1.807, 2.05) is 115 Å². The molecule has 1 aliphatic rings. The van der Waals surface area contributed by atoms with Gasteiger partial charge in [0.25, 0.3) is 11.8 Å². The highest BCUT2D eigenvalue weighted by Gasteiger charge is 2.32. The zero-order valence-corrected chi connectivity index (χ0v) is 29.2. The molecular weight excluding hydrogens is 647 g/mol. The van der Waals surface area contributed by atoms with Gasteiger partial charge in [-0.2, -0.15) is 0 Å². The predicted molar refractivity (Wildman–Crippen MR) is 202 cm³/mol. The minimum absolute atomic E-state index is 0.0236. The molecule has 8 heteroatoms. The lowest BCUT2D eigenvalue weighted by Gasteiger charge is -2.33. The van der Waals surface area contributed by atoms with Crippen LogP contribution in [0.1, 0.15) is 54.6 Å². The van der Waals surface area contributed by atoms with Gasteiger partial charge in [0.15, 0.2) is 0 Å². The molecular formula is C41H37N3O3S2. The molecule has 0 spiro atoms. The number of fused-ring (bicyclic) bond motifs is 2. The molecule has 0 saturated heterocycles. The van der Waals surface area contributed by atoms with E-state index < -0.39 is 5.91 Å². The number of rotatable bonds is 10. The molecule has 0 bridgehead atoms. The third kappa shape index (κ3) is 7.99. The van der Waals surface area contributed by atoms with Gasteiger partial charge in [-0.3, -0.25) is 19.3 Å². The van der Waals surface area contributed by atoms with Crippen LogP contribution in [-0.2, 0) is 9.59 Å². The van der Waals surface area contributed by atoms with Crippen LogP contribution < -0.4 is 15.5 Å². The molecule has 49 heavy (non-hydrogen) atoms. The van der Waals surface area contributed by atoms with Crippen molar-refractivity contribution in [3.63, 3.8) is 0 Å². The maximum atomic E-state index is 14.1. The fourth-order valence-electron chi connectivity index (χ4n) is 5.46. The standard InChI is InChI=1S/C41H37N3O3S2/c1-4-36(41(47)44-34-14-8-10-16-37(34)49-38-17-11-9-15-35(38)44)48-32-24-22-31(23-25-32)42-40(46)33(43-39(45)30-12-6-5-7-13-30)26-28-18-20-29(21-19-28)27(2)3/h5-27,36H,4H2,1-3H3,(H,42,46)(H,43,45)/b33-26-. The maximum Gasteiger partial charge on any atom is 0.272 e. The molecule has 6 rings (SSSR count). The number of carbonyl (C=O) groups is 3. The van der Waals surface area contributed by atoms with E-state index >= 15 is 0 Å². The van der Waals surface area contributed by atoms with Crippen LogP contribution in [0.3, 0.4) is 0 Å². The van der Waals surface area contributed by atoms with E-state index in [0.717, 1.165) is 31.6 Å². The number of para-hydroxylation sites is 2. The minimum Gasteiger partial charge on any atom is -0.321 e. The van der Waals surface area contributed by atoms with Gasteiger partial charge in [-0.25, -0.2) is 0 Å². The van der Waals surface area contributed by atoms with E-state index in [9.17, 15) is 14.4 Å². The molecule has 1 atom stereocenters. The molecule has 246 valence electrons. The second kappa shape index (κ2) is 15.4. The van der Waals surface area contributed by atoms with Gasteiger partial charge in [-0.1, -0.05) is 99.3 Å². The van der Waals surface area contributed by atoms with Crippen molar-refractivity contribution in [3.8, 4) is 0 Å². The smallest absolute Gasteiger partial charge is 0.272 e. The largest absolute Gasteiger partial charge is 0.321 e. The van der Waals surface area contributed by atoms with Crippen LogP contribution in [0.2, 0.25) is 0 Å². The Bertz CT molecular complexity index is 1950. The fraction of sp³-hybridized carbons (Fsp3) is 0.146. The first-order valence-electron chi connectivity index (χ1n) is 16.3. The lowest BCUT2D eigenvalue weighted by atomic mass is 10.0. The number of anilines is 3. The highest BCUT2D eigenvalue weighted by molar-refractivity contribution is 8.00. The lowest BCUT2D eigenvalue weighted by molar-refractivity contribution is -0.117. The van der Waals surface area contributed by atoms with Gasteiger partial charge < -0.3 is 10.6 Å². The summed E-state index contributed by atoms with van der Waals surface area (Å²) in [5.74, 6) is -0.418. The van der Waals surface area contributed by atoms with Gasteiger partial charge in [0.2, 0.25) is 5.91 Å². The number of hydrogen-bond donors (Lipinski definition) is 2. The van der Waals surface area contributed by atoms with Crippen molar-refractivity contribution in [2.24, 2.45) is 0 Å². The Morgan fingerprint density at radius 3 is 1.94 bits per heavy atom. The summed E-state index contributed by atoms with van der Waals surface area (Å²) in [6.45, 7) is 6.27. The van der Waals surface area contributed by atoms with Crippen molar-refractivity contribution in [2.45, 2.75) is 53.0 Å². The Kier molecular flexibility index (Phi) is 10.7. The van der Waals surface area contributed by atoms with Crippen LogP contribution in [0.25, 0.3) is 6.08 Å². The van der Waals surface area contributed by atoms with Crippen molar-refractivity contribution in [2.75, 3.05) is 10.2 Å². The maximum absolute atomic E-state index is 14.1. The summed E-state index contributed by atoms with van der Waals surface area (Å²) in [6, 6.07) is 40.2. The van der Waals surface area contributed by atoms with Gasteiger partial charge in [-0.05, 0) is 90.2 Å². The third-order valence-electron chi connectivity index (χ3n) is 8.13. The average Bonchev–Trinajstić information content (AvgIpc) is 3.13. The van der Waals surface area contributed by atoms with Gasteiger partial charge >= 0.3 is 0 Å². The summed E-state index contributed by atoms with van der Waals surface area (Å²) in [6.07, 6.45) is 2.32. The number of carbonyl (C=O) groups excluding carboxylic acids is 3. The molecule has 3 amide bonds. The van der Waals surface area contributed by atoms with E-state index in [4.69, 9.17) is 0 Å². The number of nitrogens with zero attached hydrogens (tertiary/aromatic N) is 1. The SMILES string of the molecule is CCC(Sc1ccc(NC(=O)/C(=C/c2ccc(C(C)C)cc2)NC(=O)c2ccccc2)cc1)C(=O)N1c2ccccc2Sc2ccccc21. The molecule has 5 aromatic carbocycles. The van der Waals surface area contributed by atoms with E-state index in [-0.39, 0.29) is 22.8 Å². The second-order valence-electron chi connectivity index (χ2n) is 11.9. The number of hydrogen-bond acceptors (Lipinski definition) is 5. The Labute approximate surface area is 296 Å². The van der Waals surface area contributed by atoms with E-state index in [1.54, 1.807) is 42.1 Å². The van der Waals surface area contributed by atoms with E-state index in [0.29, 0.717) is 23.6 Å². The fourth-order valence-corrected chi connectivity index (χ4v) is 7.51. The quantitative estimate of drug-likeness (QED) is 0.113. The Balaban J connectivity index is 1.18. The second-order valence-corrected chi connectivity index (χ2v) is 14.3. The highest BCUT2D eigenvalue weighted by Crippen LogP contribution is 2.48. The van der Waals surface area contributed by atoms with Crippen molar-refractivity contribution in [3.05, 3.63) is 150 Å². The molecule has 1 heterocycles. The zero-order chi connectivity index (χ0) is 34.3.